The lowest BCUT2D eigenvalue weighted by molar-refractivity contribution is 0.604. The number of rotatable bonds is 5. The van der Waals surface area contributed by atoms with E-state index < -0.39 is 0 Å². The summed E-state index contributed by atoms with van der Waals surface area (Å²) in [5.41, 5.74) is 1.02. The normalized spacial score (nSPS) is 12.8. The first-order valence-electron chi connectivity index (χ1n) is 5.09. The predicted molar refractivity (Wildman–Crippen MR) is 59.4 cm³/mol. The second kappa shape index (κ2) is 6.02. The molecule has 0 fully saturated rings. The highest BCUT2D eigenvalue weighted by Gasteiger charge is 2.09. The first-order valence-corrected chi connectivity index (χ1v) is 5.62. The maximum atomic E-state index is 12.9. The van der Waals surface area contributed by atoms with Gasteiger partial charge >= 0.3 is 0 Å². The zero-order valence-electron chi connectivity index (χ0n) is 8.47. The van der Waals surface area contributed by atoms with Crippen molar-refractivity contribution in [2.24, 2.45) is 0 Å². The highest BCUT2D eigenvalue weighted by Crippen LogP contribution is 2.23. The van der Waals surface area contributed by atoms with Crippen LogP contribution in [0.2, 0.25) is 0 Å². The van der Waals surface area contributed by atoms with Gasteiger partial charge in [0.2, 0.25) is 0 Å². The van der Waals surface area contributed by atoms with Crippen molar-refractivity contribution in [2.75, 3.05) is 5.88 Å². The van der Waals surface area contributed by atoms with Crippen LogP contribution in [0.3, 0.4) is 0 Å². The largest absolute Gasteiger partial charge is 0.207 e. The van der Waals surface area contributed by atoms with E-state index in [9.17, 15) is 4.39 Å². The Morgan fingerprint density at radius 1 is 1.43 bits per heavy atom. The summed E-state index contributed by atoms with van der Waals surface area (Å²) in [5, 5.41) is 0. The molecule has 0 saturated carbocycles. The zero-order chi connectivity index (χ0) is 10.4. The van der Waals surface area contributed by atoms with Crippen molar-refractivity contribution in [3.63, 3.8) is 0 Å². The van der Waals surface area contributed by atoms with E-state index in [0.29, 0.717) is 11.8 Å². The van der Waals surface area contributed by atoms with Gasteiger partial charge in [0.1, 0.15) is 5.82 Å². The monoisotopic (exact) mass is 214 g/mol. The molecular formula is C12H16ClF. The molecule has 0 aromatic heterocycles. The van der Waals surface area contributed by atoms with Crippen LogP contribution in [0.5, 0.6) is 0 Å². The summed E-state index contributed by atoms with van der Waals surface area (Å²) in [4.78, 5) is 0. The molecule has 0 aliphatic carbocycles. The van der Waals surface area contributed by atoms with Crippen LogP contribution >= 0.6 is 11.6 Å². The Balaban J connectivity index is 2.68. The molecule has 0 spiro atoms. The summed E-state index contributed by atoms with van der Waals surface area (Å²) >= 11 is 5.87. The molecule has 0 saturated heterocycles. The summed E-state index contributed by atoms with van der Waals surface area (Å²) in [5.74, 6) is 0.699. The van der Waals surface area contributed by atoms with E-state index in [1.807, 2.05) is 6.07 Å². The Hall–Kier alpha value is -0.560. The first-order chi connectivity index (χ1) is 6.77. The Bertz CT molecular complexity index is 273. The van der Waals surface area contributed by atoms with Crippen molar-refractivity contribution < 1.29 is 4.39 Å². The molecule has 1 aromatic carbocycles. The highest BCUT2D eigenvalue weighted by atomic mass is 35.5. The first kappa shape index (κ1) is 11.5. The molecule has 1 rings (SSSR count). The summed E-state index contributed by atoms with van der Waals surface area (Å²) in [6, 6.07) is 6.75. The number of halogens is 2. The van der Waals surface area contributed by atoms with Crippen LogP contribution in [0.25, 0.3) is 0 Å². The van der Waals surface area contributed by atoms with Gasteiger partial charge in [-0.3, -0.25) is 0 Å². The van der Waals surface area contributed by atoms with Crippen molar-refractivity contribution in [3.05, 3.63) is 35.6 Å². The number of unbranched alkanes of at least 4 members (excludes halogenated alkanes) is 1. The van der Waals surface area contributed by atoms with Crippen molar-refractivity contribution in [3.8, 4) is 0 Å². The van der Waals surface area contributed by atoms with E-state index in [0.717, 1.165) is 24.8 Å². The molecule has 1 atom stereocenters. The minimum absolute atomic E-state index is 0.172. The lowest BCUT2D eigenvalue weighted by Gasteiger charge is -2.13. The van der Waals surface area contributed by atoms with E-state index in [-0.39, 0.29) is 5.82 Å². The molecule has 14 heavy (non-hydrogen) atoms. The highest BCUT2D eigenvalue weighted by molar-refractivity contribution is 6.18. The maximum Gasteiger partial charge on any atom is 0.123 e. The molecule has 0 bridgehead atoms. The van der Waals surface area contributed by atoms with Crippen molar-refractivity contribution >= 4 is 11.6 Å². The van der Waals surface area contributed by atoms with Gasteiger partial charge in [-0.25, -0.2) is 4.39 Å². The van der Waals surface area contributed by atoms with Gasteiger partial charge < -0.3 is 0 Å². The molecule has 0 N–H and O–H groups in total. The molecule has 0 amide bonds. The van der Waals surface area contributed by atoms with Gasteiger partial charge in [-0.05, 0) is 30.0 Å². The number of hydrogen-bond acceptors (Lipinski definition) is 0. The topological polar surface area (TPSA) is 0 Å². The fraction of sp³-hybridized carbons (Fsp3) is 0.500. The average Bonchev–Trinajstić information content (AvgIpc) is 2.19. The van der Waals surface area contributed by atoms with Gasteiger partial charge in [0, 0.05) is 5.88 Å². The Labute approximate surface area is 90.1 Å². The van der Waals surface area contributed by atoms with Crippen LogP contribution in [-0.2, 0) is 0 Å². The van der Waals surface area contributed by atoms with Crippen LogP contribution in [0, 0.1) is 5.82 Å². The van der Waals surface area contributed by atoms with Crippen molar-refractivity contribution in [1.82, 2.24) is 0 Å². The third-order valence-electron chi connectivity index (χ3n) is 2.41. The molecule has 0 heterocycles. The minimum atomic E-state index is -0.172. The molecule has 0 radical (unpaired) electrons. The minimum Gasteiger partial charge on any atom is -0.207 e. The van der Waals surface area contributed by atoms with Gasteiger partial charge in [0.25, 0.3) is 0 Å². The van der Waals surface area contributed by atoms with Crippen molar-refractivity contribution in [2.45, 2.75) is 32.1 Å². The van der Waals surface area contributed by atoms with E-state index in [4.69, 9.17) is 11.6 Å². The average molecular weight is 215 g/mol. The predicted octanol–water partition coefficient (Wildman–Crippen LogP) is 4.34. The summed E-state index contributed by atoms with van der Waals surface area (Å²) in [7, 11) is 0. The van der Waals surface area contributed by atoms with E-state index in [1.165, 1.54) is 6.07 Å². The van der Waals surface area contributed by atoms with Crippen molar-refractivity contribution in [1.29, 1.82) is 0 Å². The van der Waals surface area contributed by atoms with Crippen LogP contribution in [0.4, 0.5) is 4.39 Å². The second-order valence-corrected chi connectivity index (χ2v) is 3.86. The summed E-state index contributed by atoms with van der Waals surface area (Å²) in [6.45, 7) is 2.15. The smallest absolute Gasteiger partial charge is 0.123 e. The lowest BCUT2D eigenvalue weighted by atomic mass is 9.95. The molecule has 1 aromatic rings. The fourth-order valence-corrected chi connectivity index (χ4v) is 1.88. The molecule has 2 heteroatoms. The molecule has 78 valence electrons. The Morgan fingerprint density at radius 3 is 2.79 bits per heavy atom. The molecular weight excluding hydrogens is 199 g/mol. The third-order valence-corrected chi connectivity index (χ3v) is 2.78. The van der Waals surface area contributed by atoms with E-state index >= 15 is 0 Å². The quantitative estimate of drug-likeness (QED) is 0.640. The SMILES string of the molecule is CCCCC(CCl)c1cccc(F)c1. The third kappa shape index (κ3) is 3.30. The van der Waals surface area contributed by atoms with Crippen LogP contribution in [0.15, 0.2) is 24.3 Å². The van der Waals surface area contributed by atoms with Gasteiger partial charge in [-0.2, -0.15) is 0 Å². The second-order valence-electron chi connectivity index (χ2n) is 3.55. The lowest BCUT2D eigenvalue weighted by Crippen LogP contribution is -2.00. The van der Waals surface area contributed by atoms with E-state index in [1.54, 1.807) is 12.1 Å². The summed E-state index contributed by atoms with van der Waals surface area (Å²) in [6.07, 6.45) is 3.35. The van der Waals surface area contributed by atoms with Crippen LogP contribution in [0.1, 0.15) is 37.7 Å². The Kier molecular flexibility index (Phi) is 4.95. The van der Waals surface area contributed by atoms with E-state index in [2.05, 4.69) is 6.92 Å². The number of alkyl halides is 1. The Morgan fingerprint density at radius 2 is 2.21 bits per heavy atom. The van der Waals surface area contributed by atoms with Crippen LogP contribution < -0.4 is 0 Å². The molecule has 0 aliphatic heterocycles. The zero-order valence-corrected chi connectivity index (χ0v) is 9.23. The number of hydrogen-bond donors (Lipinski definition) is 0. The fourth-order valence-electron chi connectivity index (χ4n) is 1.54. The summed E-state index contributed by atoms with van der Waals surface area (Å²) < 4.78 is 12.9. The van der Waals surface area contributed by atoms with Crippen LogP contribution in [-0.4, -0.2) is 5.88 Å². The van der Waals surface area contributed by atoms with Gasteiger partial charge in [-0.15, -0.1) is 11.6 Å². The molecule has 0 nitrogen and oxygen atoms in total. The van der Waals surface area contributed by atoms with Gasteiger partial charge in [-0.1, -0.05) is 31.9 Å². The number of benzene rings is 1. The van der Waals surface area contributed by atoms with Gasteiger partial charge in [0.15, 0.2) is 0 Å². The maximum absolute atomic E-state index is 12.9. The standard InChI is InChI=1S/C12H16ClF/c1-2-3-5-11(9-13)10-6-4-7-12(14)8-10/h4,6-8,11H,2-3,5,9H2,1H3. The molecule has 0 aliphatic rings. The van der Waals surface area contributed by atoms with Gasteiger partial charge in [0.05, 0.1) is 0 Å². The molecule has 1 unspecified atom stereocenters.